The Hall–Kier alpha value is -2.55. The van der Waals surface area contributed by atoms with Crippen LogP contribution < -0.4 is 10.5 Å². The number of hydrogen-bond acceptors (Lipinski definition) is 2. The molecule has 0 spiro atoms. The Morgan fingerprint density at radius 2 is 1.86 bits per heavy atom. The summed E-state index contributed by atoms with van der Waals surface area (Å²) in [5.41, 5.74) is 8.89. The number of benzene rings is 2. The predicted octanol–water partition coefficient (Wildman–Crippen LogP) is 3.58. The zero-order valence-electron chi connectivity index (χ0n) is 12.3. The molecule has 0 bridgehead atoms. The molecule has 0 aliphatic carbocycles. The summed E-state index contributed by atoms with van der Waals surface area (Å²) in [5.74, 6) is 0.0872. The molecular formula is C18H19NO2. The van der Waals surface area contributed by atoms with Gasteiger partial charge in [-0.15, -0.1) is 0 Å². The lowest BCUT2D eigenvalue weighted by Gasteiger charge is -2.12. The third kappa shape index (κ3) is 3.96. The molecule has 2 rings (SSSR count). The lowest BCUT2D eigenvalue weighted by molar-refractivity contribution is 0.0996. The van der Waals surface area contributed by atoms with Crippen LogP contribution in [0.2, 0.25) is 0 Å². The van der Waals surface area contributed by atoms with Crippen LogP contribution in [0.4, 0.5) is 0 Å². The molecule has 2 aromatic rings. The largest absolute Gasteiger partial charge is 0.488 e. The Morgan fingerprint density at radius 1 is 1.14 bits per heavy atom. The van der Waals surface area contributed by atoms with Crippen LogP contribution in [0.15, 0.2) is 54.1 Å². The number of amides is 1. The molecule has 0 saturated carbocycles. The molecule has 0 unspecified atom stereocenters. The number of para-hydroxylation sites is 1. The second kappa shape index (κ2) is 6.75. The van der Waals surface area contributed by atoms with E-state index in [9.17, 15) is 4.79 Å². The van der Waals surface area contributed by atoms with E-state index in [1.807, 2.05) is 50.2 Å². The number of hydrogen-bond donors (Lipinski definition) is 1. The van der Waals surface area contributed by atoms with E-state index in [0.717, 1.165) is 16.7 Å². The third-order valence-corrected chi connectivity index (χ3v) is 3.13. The quantitative estimate of drug-likeness (QED) is 0.910. The van der Waals surface area contributed by atoms with Gasteiger partial charge in [0.25, 0.3) is 5.91 Å². The van der Waals surface area contributed by atoms with Crippen LogP contribution in [0.5, 0.6) is 5.75 Å². The Morgan fingerprint density at radius 3 is 2.52 bits per heavy atom. The minimum Gasteiger partial charge on any atom is -0.488 e. The van der Waals surface area contributed by atoms with Gasteiger partial charge >= 0.3 is 0 Å². The van der Waals surface area contributed by atoms with Gasteiger partial charge in [0.15, 0.2) is 0 Å². The van der Waals surface area contributed by atoms with Crippen LogP contribution in [0, 0.1) is 6.92 Å². The highest BCUT2D eigenvalue weighted by molar-refractivity contribution is 5.96. The Labute approximate surface area is 125 Å². The van der Waals surface area contributed by atoms with Crippen molar-refractivity contribution in [3.8, 4) is 5.75 Å². The van der Waals surface area contributed by atoms with Crippen molar-refractivity contribution in [1.29, 1.82) is 0 Å². The van der Waals surface area contributed by atoms with E-state index >= 15 is 0 Å². The number of ether oxygens (including phenoxy) is 1. The Balaban J connectivity index is 2.13. The van der Waals surface area contributed by atoms with Crippen LogP contribution in [0.3, 0.4) is 0 Å². The van der Waals surface area contributed by atoms with Crippen molar-refractivity contribution in [3.05, 3.63) is 70.8 Å². The first-order valence-corrected chi connectivity index (χ1v) is 6.82. The minimum atomic E-state index is -0.474. The smallest absolute Gasteiger partial charge is 0.252 e. The predicted molar refractivity (Wildman–Crippen MR) is 85.3 cm³/mol. The van der Waals surface area contributed by atoms with Gasteiger partial charge < -0.3 is 10.5 Å². The molecule has 21 heavy (non-hydrogen) atoms. The number of carbonyl (C=O) groups is 1. The van der Waals surface area contributed by atoms with Crippen LogP contribution >= 0.6 is 0 Å². The maximum absolute atomic E-state index is 11.4. The van der Waals surface area contributed by atoms with E-state index in [-0.39, 0.29) is 0 Å². The zero-order valence-corrected chi connectivity index (χ0v) is 12.3. The van der Waals surface area contributed by atoms with Crippen LogP contribution in [0.1, 0.15) is 28.4 Å². The van der Waals surface area contributed by atoms with Crippen molar-refractivity contribution in [1.82, 2.24) is 0 Å². The maximum Gasteiger partial charge on any atom is 0.252 e. The van der Waals surface area contributed by atoms with Crippen molar-refractivity contribution >= 4 is 12.0 Å². The Kier molecular flexibility index (Phi) is 4.77. The SMILES string of the molecule is C/C(=C/c1ccccc1)COc1c(C)cccc1C(N)=O. The molecule has 0 aromatic heterocycles. The molecule has 0 radical (unpaired) electrons. The molecule has 3 nitrogen and oxygen atoms in total. The lowest BCUT2D eigenvalue weighted by atomic mass is 10.1. The first-order valence-electron chi connectivity index (χ1n) is 6.82. The fourth-order valence-corrected chi connectivity index (χ4v) is 2.10. The fraction of sp³-hybridized carbons (Fsp3) is 0.167. The Bertz CT molecular complexity index is 660. The van der Waals surface area contributed by atoms with Crippen LogP contribution in [0.25, 0.3) is 6.08 Å². The molecule has 0 aliphatic rings. The van der Waals surface area contributed by atoms with E-state index in [4.69, 9.17) is 10.5 Å². The monoisotopic (exact) mass is 281 g/mol. The van der Waals surface area contributed by atoms with Crippen molar-refractivity contribution in [2.45, 2.75) is 13.8 Å². The van der Waals surface area contributed by atoms with Crippen molar-refractivity contribution < 1.29 is 9.53 Å². The minimum absolute atomic E-state index is 0.417. The summed E-state index contributed by atoms with van der Waals surface area (Å²) in [6.45, 7) is 4.31. The topological polar surface area (TPSA) is 52.3 Å². The van der Waals surface area contributed by atoms with Gasteiger partial charge in [-0.05, 0) is 36.6 Å². The fourth-order valence-electron chi connectivity index (χ4n) is 2.10. The molecule has 108 valence electrons. The molecule has 3 heteroatoms. The number of primary amides is 1. The summed E-state index contributed by atoms with van der Waals surface area (Å²) in [6.07, 6.45) is 2.06. The average molecular weight is 281 g/mol. The number of carbonyl (C=O) groups excluding carboxylic acids is 1. The maximum atomic E-state index is 11.4. The third-order valence-electron chi connectivity index (χ3n) is 3.13. The highest BCUT2D eigenvalue weighted by Gasteiger charge is 2.11. The van der Waals surface area contributed by atoms with E-state index < -0.39 is 5.91 Å². The van der Waals surface area contributed by atoms with E-state index in [1.54, 1.807) is 12.1 Å². The van der Waals surface area contributed by atoms with Gasteiger partial charge in [-0.2, -0.15) is 0 Å². The van der Waals surface area contributed by atoms with Gasteiger partial charge in [0.05, 0.1) is 5.56 Å². The molecular weight excluding hydrogens is 262 g/mol. The molecule has 0 aliphatic heterocycles. The average Bonchev–Trinajstić information content (AvgIpc) is 2.46. The van der Waals surface area contributed by atoms with Crippen molar-refractivity contribution in [2.24, 2.45) is 5.73 Å². The number of aryl methyl sites for hydroxylation is 1. The second-order valence-electron chi connectivity index (χ2n) is 5.01. The van der Waals surface area contributed by atoms with Gasteiger partial charge in [0.1, 0.15) is 12.4 Å². The normalized spacial score (nSPS) is 11.2. The molecule has 2 aromatic carbocycles. The van der Waals surface area contributed by atoms with E-state index in [2.05, 4.69) is 6.08 Å². The van der Waals surface area contributed by atoms with E-state index in [0.29, 0.717) is 17.9 Å². The van der Waals surface area contributed by atoms with Crippen LogP contribution in [-0.4, -0.2) is 12.5 Å². The summed E-state index contributed by atoms with van der Waals surface area (Å²) in [4.78, 5) is 11.4. The second-order valence-corrected chi connectivity index (χ2v) is 5.01. The zero-order chi connectivity index (χ0) is 15.2. The molecule has 2 N–H and O–H groups in total. The summed E-state index contributed by atoms with van der Waals surface area (Å²) < 4.78 is 5.79. The highest BCUT2D eigenvalue weighted by atomic mass is 16.5. The molecule has 0 atom stereocenters. The van der Waals surface area contributed by atoms with Crippen LogP contribution in [-0.2, 0) is 0 Å². The van der Waals surface area contributed by atoms with Crippen molar-refractivity contribution in [3.63, 3.8) is 0 Å². The van der Waals surface area contributed by atoms with Gasteiger partial charge in [0.2, 0.25) is 0 Å². The molecule has 0 saturated heterocycles. The lowest BCUT2D eigenvalue weighted by Crippen LogP contribution is -2.14. The number of nitrogens with two attached hydrogens (primary N) is 1. The molecule has 1 amide bonds. The molecule has 0 fully saturated rings. The standard InChI is InChI=1S/C18H19NO2/c1-13(11-15-8-4-3-5-9-15)12-21-17-14(2)7-6-10-16(17)18(19)20/h3-11H,12H2,1-2H3,(H2,19,20)/b13-11-. The first-order chi connectivity index (χ1) is 10.1. The van der Waals surface area contributed by atoms with Gasteiger partial charge in [-0.25, -0.2) is 0 Å². The summed E-state index contributed by atoms with van der Waals surface area (Å²) in [5, 5.41) is 0. The summed E-state index contributed by atoms with van der Waals surface area (Å²) in [7, 11) is 0. The summed E-state index contributed by atoms with van der Waals surface area (Å²) in [6, 6.07) is 15.4. The van der Waals surface area contributed by atoms with Gasteiger partial charge in [-0.1, -0.05) is 48.5 Å². The van der Waals surface area contributed by atoms with Gasteiger partial charge in [-0.3, -0.25) is 4.79 Å². The number of rotatable bonds is 5. The van der Waals surface area contributed by atoms with E-state index in [1.165, 1.54) is 0 Å². The molecule has 0 heterocycles. The van der Waals surface area contributed by atoms with Gasteiger partial charge in [0, 0.05) is 0 Å². The first kappa shape index (κ1) is 14.9. The highest BCUT2D eigenvalue weighted by Crippen LogP contribution is 2.23. The summed E-state index contributed by atoms with van der Waals surface area (Å²) >= 11 is 0. The van der Waals surface area contributed by atoms with Crippen molar-refractivity contribution in [2.75, 3.05) is 6.61 Å².